The van der Waals surface area contributed by atoms with Gasteiger partial charge in [0.15, 0.2) is 0 Å². The topological polar surface area (TPSA) is 81.8 Å². The van der Waals surface area contributed by atoms with Crippen molar-refractivity contribution in [3.8, 4) is 0 Å². The first-order chi connectivity index (χ1) is 14.1. The van der Waals surface area contributed by atoms with E-state index in [0.717, 1.165) is 31.4 Å². The molecule has 0 radical (unpaired) electrons. The number of benzene rings is 1. The Morgan fingerprint density at radius 2 is 1.41 bits per heavy atom. The molecule has 29 heavy (non-hydrogen) atoms. The van der Waals surface area contributed by atoms with Crippen molar-refractivity contribution in [2.24, 2.45) is 5.92 Å². The molecule has 0 bridgehead atoms. The number of carbonyl (C=O) groups excluding carboxylic acids is 3. The van der Waals surface area contributed by atoms with Crippen LogP contribution in [0, 0.1) is 5.92 Å². The summed E-state index contributed by atoms with van der Waals surface area (Å²) in [4.78, 5) is 40.7. The Kier molecular flexibility index (Phi) is 6.02. The van der Waals surface area contributed by atoms with Crippen LogP contribution in [0.15, 0.2) is 24.3 Å². The van der Waals surface area contributed by atoms with E-state index >= 15 is 0 Å². The predicted octanol–water partition coefficient (Wildman–Crippen LogP) is 2.84. The van der Waals surface area contributed by atoms with Crippen LogP contribution in [0.4, 0.5) is 10.5 Å². The second-order valence-corrected chi connectivity index (χ2v) is 8.40. The van der Waals surface area contributed by atoms with Gasteiger partial charge in [0.2, 0.25) is 5.91 Å². The Balaban J connectivity index is 1.25. The Morgan fingerprint density at radius 1 is 0.793 bits per heavy atom. The third kappa shape index (κ3) is 5.08. The monoisotopic (exact) mass is 398 g/mol. The minimum Gasteiger partial charge on any atom is -0.335 e. The van der Waals surface area contributed by atoms with Gasteiger partial charge in [-0.3, -0.25) is 9.59 Å². The Hall–Kier alpha value is -2.57. The van der Waals surface area contributed by atoms with E-state index in [1.807, 2.05) is 4.90 Å². The highest BCUT2D eigenvalue weighted by molar-refractivity contribution is 5.97. The van der Waals surface area contributed by atoms with E-state index in [9.17, 15) is 14.4 Å². The first-order valence-electron chi connectivity index (χ1n) is 10.9. The number of rotatable bonds is 4. The van der Waals surface area contributed by atoms with Crippen LogP contribution in [0.3, 0.4) is 0 Å². The first kappa shape index (κ1) is 19.7. The number of hydrogen-bond acceptors (Lipinski definition) is 3. The van der Waals surface area contributed by atoms with E-state index in [4.69, 9.17) is 0 Å². The molecule has 1 saturated heterocycles. The number of piperazine rings is 1. The molecule has 7 heteroatoms. The van der Waals surface area contributed by atoms with Gasteiger partial charge in [0.25, 0.3) is 5.91 Å². The van der Waals surface area contributed by atoms with Crippen molar-refractivity contribution in [1.29, 1.82) is 0 Å². The largest absolute Gasteiger partial charge is 0.335 e. The molecule has 0 atom stereocenters. The first-order valence-corrected chi connectivity index (χ1v) is 10.9. The van der Waals surface area contributed by atoms with Crippen molar-refractivity contribution in [1.82, 2.24) is 15.1 Å². The Bertz CT molecular complexity index is 746. The summed E-state index contributed by atoms with van der Waals surface area (Å²) in [5.41, 5.74) is 1.33. The predicted molar refractivity (Wildman–Crippen MR) is 111 cm³/mol. The number of nitrogens with zero attached hydrogens (tertiary/aromatic N) is 2. The fourth-order valence-electron chi connectivity index (χ4n) is 4.09. The molecular weight excluding hydrogens is 368 g/mol. The molecule has 3 aliphatic rings. The van der Waals surface area contributed by atoms with Crippen LogP contribution in [0.2, 0.25) is 0 Å². The summed E-state index contributed by atoms with van der Waals surface area (Å²) >= 11 is 0. The van der Waals surface area contributed by atoms with Gasteiger partial charge in [0.05, 0.1) is 0 Å². The van der Waals surface area contributed by atoms with Crippen LogP contribution < -0.4 is 10.6 Å². The molecule has 2 N–H and O–H groups in total. The van der Waals surface area contributed by atoms with Gasteiger partial charge < -0.3 is 20.4 Å². The number of carbonyl (C=O) groups is 3. The number of anilines is 1. The van der Waals surface area contributed by atoms with E-state index in [0.29, 0.717) is 37.8 Å². The normalized spacial score (nSPS) is 20.3. The number of urea groups is 1. The lowest BCUT2D eigenvalue weighted by molar-refractivity contribution is -0.117. The van der Waals surface area contributed by atoms with Crippen molar-refractivity contribution < 1.29 is 14.4 Å². The van der Waals surface area contributed by atoms with E-state index in [1.54, 1.807) is 29.2 Å². The molecule has 156 valence electrons. The van der Waals surface area contributed by atoms with Crippen LogP contribution >= 0.6 is 0 Å². The van der Waals surface area contributed by atoms with E-state index in [1.165, 1.54) is 19.3 Å². The summed E-state index contributed by atoms with van der Waals surface area (Å²) in [6, 6.07) is 7.37. The second kappa shape index (κ2) is 8.84. The van der Waals surface area contributed by atoms with Crippen molar-refractivity contribution in [3.63, 3.8) is 0 Å². The van der Waals surface area contributed by atoms with Crippen LogP contribution in [0.25, 0.3) is 0 Å². The molecule has 1 aliphatic heterocycles. The fraction of sp³-hybridized carbons (Fsp3) is 0.591. The highest BCUT2D eigenvalue weighted by atomic mass is 16.2. The summed E-state index contributed by atoms with van der Waals surface area (Å²) < 4.78 is 0. The quantitative estimate of drug-likeness (QED) is 0.818. The number of amides is 4. The summed E-state index contributed by atoms with van der Waals surface area (Å²) in [6.45, 7) is 2.19. The van der Waals surface area contributed by atoms with Gasteiger partial charge in [-0.25, -0.2) is 4.79 Å². The fourth-order valence-corrected chi connectivity index (χ4v) is 4.09. The average molecular weight is 399 g/mol. The minimum atomic E-state index is -0.0302. The molecule has 1 aromatic rings. The molecule has 1 aromatic carbocycles. The smallest absolute Gasteiger partial charge is 0.317 e. The zero-order chi connectivity index (χ0) is 20.2. The lowest BCUT2D eigenvalue weighted by Crippen LogP contribution is -2.54. The maximum absolute atomic E-state index is 12.8. The number of hydrogen-bond donors (Lipinski definition) is 2. The van der Waals surface area contributed by atoms with Crippen LogP contribution in [-0.4, -0.2) is 59.9 Å². The molecule has 2 aliphatic carbocycles. The third-order valence-electron chi connectivity index (χ3n) is 6.13. The standard InChI is InChI=1S/C22H30N4O3/c27-20(16-6-7-16)23-19-10-8-17(9-11-19)21(28)25-12-14-26(15-13-25)22(29)24-18-4-2-1-3-5-18/h8-11,16,18H,1-7,12-15H2,(H,23,27)(H,24,29). The maximum atomic E-state index is 12.8. The van der Waals surface area contributed by atoms with Gasteiger partial charge >= 0.3 is 6.03 Å². The zero-order valence-electron chi connectivity index (χ0n) is 16.9. The maximum Gasteiger partial charge on any atom is 0.317 e. The minimum absolute atomic E-state index is 0.000226. The van der Waals surface area contributed by atoms with E-state index < -0.39 is 0 Å². The number of nitrogens with one attached hydrogen (secondary N) is 2. The van der Waals surface area contributed by atoms with E-state index in [-0.39, 0.29) is 23.8 Å². The molecular formula is C22H30N4O3. The highest BCUT2D eigenvalue weighted by Crippen LogP contribution is 2.30. The summed E-state index contributed by atoms with van der Waals surface area (Å²) in [7, 11) is 0. The summed E-state index contributed by atoms with van der Waals surface area (Å²) in [5, 5.41) is 6.03. The molecule has 0 unspecified atom stereocenters. The van der Waals surface area contributed by atoms with Gasteiger partial charge in [-0.15, -0.1) is 0 Å². The second-order valence-electron chi connectivity index (χ2n) is 8.40. The van der Waals surface area contributed by atoms with Crippen LogP contribution in [0.5, 0.6) is 0 Å². The Labute approximate surface area is 171 Å². The molecule has 3 fully saturated rings. The molecule has 0 spiro atoms. The lowest BCUT2D eigenvalue weighted by atomic mass is 9.96. The van der Waals surface area contributed by atoms with Gasteiger partial charge in [-0.05, 0) is 49.9 Å². The lowest BCUT2D eigenvalue weighted by Gasteiger charge is -2.36. The van der Waals surface area contributed by atoms with Gasteiger partial charge in [0.1, 0.15) is 0 Å². The molecule has 0 aromatic heterocycles. The molecule has 7 nitrogen and oxygen atoms in total. The third-order valence-corrected chi connectivity index (χ3v) is 6.13. The highest BCUT2D eigenvalue weighted by Gasteiger charge is 2.30. The van der Waals surface area contributed by atoms with Crippen molar-refractivity contribution >= 4 is 23.5 Å². The van der Waals surface area contributed by atoms with Gasteiger partial charge in [0, 0.05) is 49.4 Å². The van der Waals surface area contributed by atoms with Crippen molar-refractivity contribution in [2.75, 3.05) is 31.5 Å². The van der Waals surface area contributed by atoms with Crippen molar-refractivity contribution in [2.45, 2.75) is 51.0 Å². The zero-order valence-corrected chi connectivity index (χ0v) is 16.9. The molecule has 1 heterocycles. The molecule has 4 amide bonds. The Morgan fingerprint density at radius 3 is 2.03 bits per heavy atom. The summed E-state index contributed by atoms with van der Waals surface area (Å²) in [5.74, 6) is 0.187. The van der Waals surface area contributed by atoms with Crippen LogP contribution in [0.1, 0.15) is 55.3 Å². The molecule has 2 saturated carbocycles. The summed E-state index contributed by atoms with van der Waals surface area (Å²) in [6.07, 6.45) is 7.72. The average Bonchev–Trinajstić information content (AvgIpc) is 3.60. The SMILES string of the molecule is O=C(Nc1ccc(C(=O)N2CCN(C(=O)NC3CCCCC3)CC2)cc1)C1CC1. The van der Waals surface area contributed by atoms with Crippen molar-refractivity contribution in [3.05, 3.63) is 29.8 Å². The van der Waals surface area contributed by atoms with Gasteiger partial charge in [-0.1, -0.05) is 19.3 Å². The van der Waals surface area contributed by atoms with E-state index in [2.05, 4.69) is 10.6 Å². The molecule has 4 rings (SSSR count). The van der Waals surface area contributed by atoms with Gasteiger partial charge in [-0.2, -0.15) is 0 Å². The van der Waals surface area contributed by atoms with Crippen LogP contribution in [-0.2, 0) is 4.79 Å².